The molecule has 1 saturated heterocycles. The summed E-state index contributed by atoms with van der Waals surface area (Å²) in [7, 11) is 1.75. The van der Waals surface area contributed by atoms with E-state index in [9.17, 15) is 20.2 Å². The number of ether oxygens (including phenoxy) is 1. The van der Waals surface area contributed by atoms with Crippen LogP contribution in [0.3, 0.4) is 0 Å². The minimum absolute atomic E-state index is 0.137. The van der Waals surface area contributed by atoms with E-state index in [1.54, 1.807) is 54.4 Å². The minimum Gasteiger partial charge on any atom is -0.489 e. The molecule has 1 fully saturated rings. The molecule has 2 aliphatic heterocycles. The van der Waals surface area contributed by atoms with E-state index in [4.69, 9.17) is 4.74 Å². The van der Waals surface area contributed by atoms with Crippen LogP contribution < -0.4 is 10.1 Å². The summed E-state index contributed by atoms with van der Waals surface area (Å²) >= 11 is 3.49. The van der Waals surface area contributed by atoms with E-state index >= 15 is 0 Å². The molecular formula is C26H21BrN4O4. The van der Waals surface area contributed by atoms with Crippen molar-refractivity contribution < 1.29 is 14.5 Å². The summed E-state index contributed by atoms with van der Waals surface area (Å²) in [5.74, 6) is -0.536. The zero-order chi connectivity index (χ0) is 24.7. The molecule has 0 radical (unpaired) electrons. The van der Waals surface area contributed by atoms with Crippen LogP contribution >= 0.6 is 15.9 Å². The number of likely N-dealkylation sites (tertiary alicyclic amines) is 1. The van der Waals surface area contributed by atoms with Crippen molar-refractivity contribution >= 4 is 27.5 Å². The van der Waals surface area contributed by atoms with Gasteiger partial charge < -0.3 is 10.1 Å². The highest BCUT2D eigenvalue weighted by Gasteiger charge is 2.68. The molecule has 3 aromatic carbocycles. The number of nitriles is 1. The average Bonchev–Trinajstić information content (AvgIpc) is 3.33. The predicted molar refractivity (Wildman–Crippen MR) is 133 cm³/mol. The summed E-state index contributed by atoms with van der Waals surface area (Å²) < 4.78 is 6.88. The highest BCUT2D eigenvalue weighted by Crippen LogP contribution is 2.53. The lowest BCUT2D eigenvalue weighted by atomic mass is 9.79. The number of hydrogen-bond acceptors (Lipinski definition) is 6. The van der Waals surface area contributed by atoms with Crippen LogP contribution in [0.15, 0.2) is 71.2 Å². The number of carbonyl (C=O) groups excluding carboxylic acids is 1. The van der Waals surface area contributed by atoms with Gasteiger partial charge >= 0.3 is 0 Å². The number of nitrogens with one attached hydrogen (secondary N) is 1. The van der Waals surface area contributed by atoms with E-state index in [0.29, 0.717) is 28.1 Å². The molecule has 8 nitrogen and oxygen atoms in total. The molecule has 35 heavy (non-hydrogen) atoms. The maximum absolute atomic E-state index is 13.4. The Morgan fingerprint density at radius 1 is 1.23 bits per heavy atom. The molecule has 5 rings (SSSR count). The van der Waals surface area contributed by atoms with Crippen LogP contribution in [0.2, 0.25) is 0 Å². The summed E-state index contributed by atoms with van der Waals surface area (Å²) in [6.45, 7) is 0.424. The second-order valence-electron chi connectivity index (χ2n) is 8.72. The molecule has 2 heterocycles. The maximum Gasteiger partial charge on any atom is 0.256 e. The van der Waals surface area contributed by atoms with Gasteiger partial charge in [-0.3, -0.25) is 19.8 Å². The van der Waals surface area contributed by atoms with Crippen LogP contribution in [0.4, 0.5) is 5.69 Å². The lowest BCUT2D eigenvalue weighted by molar-refractivity contribution is -0.534. The van der Waals surface area contributed by atoms with Gasteiger partial charge in [0.05, 0.1) is 17.6 Å². The Balaban J connectivity index is 1.58. The first kappa shape index (κ1) is 23.0. The number of carbonyl (C=O) groups is 1. The largest absolute Gasteiger partial charge is 0.489 e. The fourth-order valence-corrected chi connectivity index (χ4v) is 5.79. The number of anilines is 1. The zero-order valence-electron chi connectivity index (χ0n) is 18.8. The van der Waals surface area contributed by atoms with Gasteiger partial charge in [0.2, 0.25) is 0 Å². The lowest BCUT2D eigenvalue weighted by Gasteiger charge is -2.30. The van der Waals surface area contributed by atoms with Gasteiger partial charge in [-0.2, -0.15) is 5.26 Å². The summed E-state index contributed by atoms with van der Waals surface area (Å²) in [6.07, 6.45) is 0. The second kappa shape index (κ2) is 8.80. The van der Waals surface area contributed by atoms with Crippen LogP contribution in [-0.2, 0) is 16.9 Å². The summed E-state index contributed by atoms with van der Waals surface area (Å²) in [4.78, 5) is 27.4. The molecule has 3 aromatic rings. The molecule has 0 unspecified atom stereocenters. The van der Waals surface area contributed by atoms with Crippen LogP contribution in [0.25, 0.3) is 0 Å². The number of benzene rings is 3. The highest BCUT2D eigenvalue weighted by atomic mass is 79.9. The average molecular weight is 533 g/mol. The second-order valence-corrected chi connectivity index (χ2v) is 9.64. The van der Waals surface area contributed by atoms with Crippen molar-refractivity contribution in [1.29, 1.82) is 5.26 Å². The van der Waals surface area contributed by atoms with E-state index in [2.05, 4.69) is 27.3 Å². The number of hydrogen-bond donors (Lipinski definition) is 1. The number of para-hydroxylation sites is 1. The van der Waals surface area contributed by atoms with Gasteiger partial charge in [-0.1, -0.05) is 52.3 Å². The summed E-state index contributed by atoms with van der Waals surface area (Å²) in [5.41, 5.74) is 1.63. The Labute approximate surface area is 210 Å². The van der Waals surface area contributed by atoms with Gasteiger partial charge in [-0.25, -0.2) is 0 Å². The summed E-state index contributed by atoms with van der Waals surface area (Å²) in [6, 6.07) is 20.6. The van der Waals surface area contributed by atoms with Gasteiger partial charge in [0, 0.05) is 38.3 Å². The molecule has 0 aromatic heterocycles. The Morgan fingerprint density at radius 3 is 2.74 bits per heavy atom. The first-order chi connectivity index (χ1) is 16.9. The van der Waals surface area contributed by atoms with E-state index in [0.717, 1.165) is 10.0 Å². The third-order valence-corrected chi connectivity index (χ3v) is 7.43. The molecule has 1 spiro atoms. The van der Waals surface area contributed by atoms with Gasteiger partial charge in [-0.05, 0) is 37.4 Å². The topological polar surface area (TPSA) is 108 Å². The number of halogens is 1. The summed E-state index contributed by atoms with van der Waals surface area (Å²) in [5, 5.41) is 24.9. The Morgan fingerprint density at radius 2 is 1.97 bits per heavy atom. The van der Waals surface area contributed by atoms with E-state index in [1.165, 1.54) is 0 Å². The Kier molecular flexibility index (Phi) is 5.79. The molecule has 1 amide bonds. The number of amides is 1. The van der Waals surface area contributed by atoms with Crippen LogP contribution in [-0.4, -0.2) is 35.4 Å². The Hall–Kier alpha value is -3.74. The number of likely N-dealkylation sites (N-methyl/N-ethyl adjacent to an activating group) is 1. The predicted octanol–water partition coefficient (Wildman–Crippen LogP) is 4.42. The highest BCUT2D eigenvalue weighted by molar-refractivity contribution is 9.10. The number of fused-ring (bicyclic) bond motifs is 2. The van der Waals surface area contributed by atoms with Crippen molar-refractivity contribution in [3.8, 4) is 11.8 Å². The van der Waals surface area contributed by atoms with Gasteiger partial charge in [0.15, 0.2) is 5.54 Å². The van der Waals surface area contributed by atoms with Gasteiger partial charge in [0.1, 0.15) is 12.4 Å². The van der Waals surface area contributed by atoms with Gasteiger partial charge in [0.25, 0.3) is 11.9 Å². The quantitative estimate of drug-likeness (QED) is 0.384. The molecule has 9 heteroatoms. The van der Waals surface area contributed by atoms with E-state index in [1.807, 2.05) is 24.3 Å². The molecule has 2 aliphatic rings. The standard InChI is InChI=1S/C26H21BrN4O4/c1-30-14-20(24(31(33)34)26(30)21-8-4-5-9-22(21)29-25(26)32)19-12-18(27)10-11-23(19)35-15-17-7-3-2-6-16(17)13-28/h2-12,20,24H,14-15H2,1H3,(H,29,32)/t20-,24+,26+/m1/s1. The third kappa shape index (κ3) is 3.57. The van der Waals surface area contributed by atoms with Crippen LogP contribution in [0, 0.1) is 21.4 Å². The molecule has 0 aliphatic carbocycles. The SMILES string of the molecule is CN1C[C@H](c2cc(Br)ccc2OCc2ccccc2C#N)[C@H]([N+](=O)[O-])[C@@]12C(=O)Nc1ccccc12. The fourth-order valence-electron chi connectivity index (χ4n) is 5.41. The smallest absolute Gasteiger partial charge is 0.256 e. The number of rotatable bonds is 5. The lowest BCUT2D eigenvalue weighted by Crippen LogP contribution is -2.54. The molecular weight excluding hydrogens is 512 g/mol. The first-order valence-corrected chi connectivity index (χ1v) is 11.8. The van der Waals surface area contributed by atoms with E-state index in [-0.39, 0.29) is 18.1 Å². The van der Waals surface area contributed by atoms with Crippen molar-refractivity contribution in [3.63, 3.8) is 0 Å². The minimum atomic E-state index is -1.43. The van der Waals surface area contributed by atoms with Crippen molar-refractivity contribution in [2.24, 2.45) is 0 Å². The molecule has 176 valence electrons. The third-order valence-electron chi connectivity index (χ3n) is 6.93. The van der Waals surface area contributed by atoms with E-state index < -0.39 is 23.4 Å². The number of nitrogens with zero attached hydrogens (tertiary/aromatic N) is 3. The number of nitro groups is 1. The van der Waals surface area contributed by atoms with Crippen LogP contribution in [0.1, 0.15) is 28.2 Å². The van der Waals surface area contributed by atoms with Crippen molar-refractivity contribution in [1.82, 2.24) is 4.90 Å². The van der Waals surface area contributed by atoms with Crippen molar-refractivity contribution in [2.75, 3.05) is 18.9 Å². The molecule has 3 atom stereocenters. The van der Waals surface area contributed by atoms with Crippen molar-refractivity contribution in [2.45, 2.75) is 24.1 Å². The Bertz CT molecular complexity index is 1390. The molecule has 0 saturated carbocycles. The first-order valence-electron chi connectivity index (χ1n) is 11.0. The van der Waals surface area contributed by atoms with Gasteiger partial charge in [-0.15, -0.1) is 0 Å². The van der Waals surface area contributed by atoms with Crippen LogP contribution in [0.5, 0.6) is 5.75 Å². The molecule has 0 bridgehead atoms. The normalized spacial score (nSPS) is 23.1. The molecule has 1 N–H and O–H groups in total. The zero-order valence-corrected chi connectivity index (χ0v) is 20.4. The maximum atomic E-state index is 13.4. The fraction of sp³-hybridized carbons (Fsp3) is 0.231. The van der Waals surface area contributed by atoms with Crippen molar-refractivity contribution in [3.05, 3.63) is 104 Å². The monoisotopic (exact) mass is 532 g/mol.